The third kappa shape index (κ3) is 2.42. The second kappa shape index (κ2) is 5.06. The molecule has 0 aliphatic carbocycles. The molecule has 0 atom stereocenters. The Morgan fingerprint density at radius 1 is 1.30 bits per heavy atom. The van der Waals surface area contributed by atoms with Crippen molar-refractivity contribution < 1.29 is 9.90 Å². The van der Waals surface area contributed by atoms with Gasteiger partial charge in [-0.1, -0.05) is 42.0 Å². The van der Waals surface area contributed by atoms with Crippen LogP contribution in [0.4, 0.5) is 0 Å². The minimum absolute atomic E-state index is 0.0274. The fraction of sp³-hybridized carbons (Fsp3) is 0.125. The standard InChI is InChI=1S/C16H13NO2S/c1-10-5-6-13-11(7-10)3-2-4-14(13)16-17-12(9-20-16)8-15(18)19/h2-7,9H,8H2,1H3,(H,18,19). The normalized spacial score (nSPS) is 10.8. The molecule has 20 heavy (non-hydrogen) atoms. The molecule has 1 aromatic heterocycles. The molecule has 0 bridgehead atoms. The Labute approximate surface area is 120 Å². The number of thiazole rings is 1. The van der Waals surface area contributed by atoms with Crippen LogP contribution in [0.3, 0.4) is 0 Å². The van der Waals surface area contributed by atoms with Crippen LogP contribution in [0.25, 0.3) is 21.3 Å². The molecular formula is C16H13NO2S. The van der Waals surface area contributed by atoms with Gasteiger partial charge >= 0.3 is 5.97 Å². The van der Waals surface area contributed by atoms with E-state index in [4.69, 9.17) is 5.11 Å². The quantitative estimate of drug-likeness (QED) is 0.793. The van der Waals surface area contributed by atoms with E-state index in [1.165, 1.54) is 22.3 Å². The fourth-order valence-corrected chi connectivity index (χ4v) is 3.12. The molecule has 0 fully saturated rings. The van der Waals surface area contributed by atoms with Crippen molar-refractivity contribution in [1.82, 2.24) is 4.98 Å². The fourth-order valence-electron chi connectivity index (χ4n) is 2.26. The number of nitrogens with zero attached hydrogens (tertiary/aromatic N) is 1. The van der Waals surface area contributed by atoms with Crippen molar-refractivity contribution in [1.29, 1.82) is 0 Å². The van der Waals surface area contributed by atoms with E-state index < -0.39 is 5.97 Å². The van der Waals surface area contributed by atoms with Crippen LogP contribution in [-0.4, -0.2) is 16.1 Å². The zero-order valence-electron chi connectivity index (χ0n) is 11.0. The number of hydrogen-bond donors (Lipinski definition) is 1. The van der Waals surface area contributed by atoms with Crippen molar-refractivity contribution in [3.05, 3.63) is 53.0 Å². The zero-order chi connectivity index (χ0) is 14.1. The maximum Gasteiger partial charge on any atom is 0.309 e. The van der Waals surface area contributed by atoms with Crippen molar-refractivity contribution >= 4 is 28.1 Å². The van der Waals surface area contributed by atoms with Crippen LogP contribution in [0.1, 0.15) is 11.3 Å². The third-order valence-electron chi connectivity index (χ3n) is 3.15. The molecule has 0 spiro atoms. The molecule has 0 aliphatic heterocycles. The van der Waals surface area contributed by atoms with E-state index in [-0.39, 0.29) is 6.42 Å². The van der Waals surface area contributed by atoms with Gasteiger partial charge in [-0.25, -0.2) is 4.98 Å². The highest BCUT2D eigenvalue weighted by atomic mass is 32.1. The van der Waals surface area contributed by atoms with E-state index in [1.54, 1.807) is 0 Å². The summed E-state index contributed by atoms with van der Waals surface area (Å²) in [5.74, 6) is -0.851. The highest BCUT2D eigenvalue weighted by Gasteiger charge is 2.10. The summed E-state index contributed by atoms with van der Waals surface area (Å²) < 4.78 is 0. The minimum Gasteiger partial charge on any atom is -0.481 e. The van der Waals surface area contributed by atoms with Crippen LogP contribution in [0.15, 0.2) is 41.8 Å². The number of aliphatic carboxylic acids is 1. The Kier molecular flexibility index (Phi) is 3.24. The van der Waals surface area contributed by atoms with Gasteiger partial charge in [-0.15, -0.1) is 11.3 Å². The zero-order valence-corrected chi connectivity index (χ0v) is 11.8. The minimum atomic E-state index is -0.851. The van der Waals surface area contributed by atoms with E-state index >= 15 is 0 Å². The molecule has 3 aromatic rings. The maximum atomic E-state index is 10.7. The highest BCUT2D eigenvalue weighted by molar-refractivity contribution is 7.13. The number of carboxylic acid groups (broad SMARTS) is 1. The molecule has 4 heteroatoms. The maximum absolute atomic E-state index is 10.7. The van der Waals surface area contributed by atoms with Crippen molar-refractivity contribution in [2.45, 2.75) is 13.3 Å². The third-order valence-corrected chi connectivity index (χ3v) is 4.07. The van der Waals surface area contributed by atoms with Crippen molar-refractivity contribution in [3.63, 3.8) is 0 Å². The average molecular weight is 283 g/mol. The first-order valence-electron chi connectivity index (χ1n) is 6.29. The molecular weight excluding hydrogens is 270 g/mol. The van der Waals surface area contributed by atoms with Gasteiger partial charge in [0.25, 0.3) is 0 Å². The Hall–Kier alpha value is -2.20. The van der Waals surface area contributed by atoms with E-state index in [2.05, 4.69) is 36.2 Å². The summed E-state index contributed by atoms with van der Waals surface area (Å²) in [4.78, 5) is 15.2. The lowest BCUT2D eigenvalue weighted by Crippen LogP contribution is -1.99. The molecule has 1 N–H and O–H groups in total. The van der Waals surface area contributed by atoms with E-state index in [0.29, 0.717) is 5.69 Å². The number of rotatable bonds is 3. The predicted molar refractivity (Wildman–Crippen MR) is 81.1 cm³/mol. The molecule has 0 saturated heterocycles. The molecule has 100 valence electrons. The van der Waals surface area contributed by atoms with Crippen LogP contribution in [-0.2, 0) is 11.2 Å². The number of fused-ring (bicyclic) bond motifs is 1. The van der Waals surface area contributed by atoms with Gasteiger partial charge in [0.2, 0.25) is 0 Å². The molecule has 0 amide bonds. The van der Waals surface area contributed by atoms with E-state index in [1.807, 2.05) is 17.5 Å². The van der Waals surface area contributed by atoms with Gasteiger partial charge in [0, 0.05) is 10.9 Å². The van der Waals surface area contributed by atoms with Crippen molar-refractivity contribution in [2.24, 2.45) is 0 Å². The lowest BCUT2D eigenvalue weighted by molar-refractivity contribution is -0.136. The highest BCUT2D eigenvalue weighted by Crippen LogP contribution is 2.31. The van der Waals surface area contributed by atoms with Gasteiger partial charge in [0.1, 0.15) is 5.01 Å². The molecule has 0 unspecified atom stereocenters. The Balaban J connectivity index is 2.10. The van der Waals surface area contributed by atoms with Crippen molar-refractivity contribution in [3.8, 4) is 10.6 Å². The summed E-state index contributed by atoms with van der Waals surface area (Å²) in [5, 5.41) is 13.8. The first-order chi connectivity index (χ1) is 9.63. The molecule has 3 rings (SSSR count). The molecule has 3 nitrogen and oxygen atoms in total. The van der Waals surface area contributed by atoms with Gasteiger partial charge in [0.05, 0.1) is 12.1 Å². The molecule has 2 aromatic carbocycles. The summed E-state index contributed by atoms with van der Waals surface area (Å²) in [5.41, 5.74) is 2.89. The van der Waals surface area contributed by atoms with Gasteiger partial charge in [0.15, 0.2) is 0 Å². The largest absolute Gasteiger partial charge is 0.481 e. The topological polar surface area (TPSA) is 50.2 Å². The summed E-state index contributed by atoms with van der Waals surface area (Å²) in [7, 11) is 0. The van der Waals surface area contributed by atoms with Crippen LogP contribution < -0.4 is 0 Å². The number of carboxylic acids is 1. The summed E-state index contributed by atoms with van der Waals surface area (Å²) in [6.45, 7) is 2.07. The number of benzene rings is 2. The summed E-state index contributed by atoms with van der Waals surface area (Å²) in [6.07, 6.45) is -0.0274. The summed E-state index contributed by atoms with van der Waals surface area (Å²) in [6, 6.07) is 12.4. The van der Waals surface area contributed by atoms with Crippen LogP contribution in [0.5, 0.6) is 0 Å². The van der Waals surface area contributed by atoms with Gasteiger partial charge in [-0.3, -0.25) is 4.79 Å². The molecule has 0 radical (unpaired) electrons. The number of carbonyl (C=O) groups is 1. The monoisotopic (exact) mass is 283 g/mol. The summed E-state index contributed by atoms with van der Waals surface area (Å²) >= 11 is 1.49. The number of aryl methyl sites for hydroxylation is 1. The van der Waals surface area contributed by atoms with Crippen LogP contribution >= 0.6 is 11.3 Å². The van der Waals surface area contributed by atoms with Gasteiger partial charge < -0.3 is 5.11 Å². The Morgan fingerprint density at radius 3 is 2.95 bits per heavy atom. The molecule has 0 saturated carbocycles. The van der Waals surface area contributed by atoms with Crippen LogP contribution in [0, 0.1) is 6.92 Å². The van der Waals surface area contributed by atoms with Crippen molar-refractivity contribution in [2.75, 3.05) is 0 Å². The van der Waals surface area contributed by atoms with E-state index in [0.717, 1.165) is 16.0 Å². The molecule has 1 heterocycles. The van der Waals surface area contributed by atoms with E-state index in [9.17, 15) is 4.79 Å². The SMILES string of the molecule is Cc1ccc2c(-c3nc(CC(=O)O)cs3)cccc2c1. The second-order valence-corrected chi connectivity index (χ2v) is 5.60. The van der Waals surface area contributed by atoms with Crippen LogP contribution in [0.2, 0.25) is 0 Å². The number of aromatic nitrogens is 1. The molecule has 0 aliphatic rings. The Morgan fingerprint density at radius 2 is 2.15 bits per heavy atom. The first-order valence-corrected chi connectivity index (χ1v) is 7.17. The lowest BCUT2D eigenvalue weighted by atomic mass is 10.0. The first kappa shape index (κ1) is 12.8. The second-order valence-electron chi connectivity index (χ2n) is 4.74. The number of hydrogen-bond acceptors (Lipinski definition) is 3. The van der Waals surface area contributed by atoms with Gasteiger partial charge in [-0.2, -0.15) is 0 Å². The van der Waals surface area contributed by atoms with Gasteiger partial charge in [-0.05, 0) is 17.7 Å². The Bertz CT molecular complexity index is 792. The predicted octanol–water partition coefficient (Wildman–Crippen LogP) is 3.90. The average Bonchev–Trinajstić information content (AvgIpc) is 2.85. The smallest absolute Gasteiger partial charge is 0.309 e. The lowest BCUT2D eigenvalue weighted by Gasteiger charge is -2.04.